The first-order chi connectivity index (χ1) is 20.9. The van der Waals surface area contributed by atoms with Gasteiger partial charge < -0.3 is 5.32 Å². The predicted octanol–water partition coefficient (Wildman–Crippen LogP) is 9.31. The average Bonchev–Trinajstić information content (AvgIpc) is 3.26. The number of nitrogens with one attached hydrogen (secondary N) is 1. The molecular formula is C30H10BBr3Cl4N2O4. The number of aldehydes is 1. The highest BCUT2D eigenvalue weighted by Gasteiger charge is 2.41. The SMILES string of the molecule is [B]c1c(Br)c(Br)c(Br)c2cc3c(cc12)C(=O)C(c1ccc2cccc(NC(=O)c4c(Cl)c(Cl)c(Cl)c(Cl)c4C=O)c2n1)C3=O. The van der Waals surface area contributed by atoms with Gasteiger partial charge in [0.2, 0.25) is 0 Å². The van der Waals surface area contributed by atoms with Crippen molar-refractivity contribution in [1.82, 2.24) is 4.98 Å². The lowest BCUT2D eigenvalue weighted by Crippen LogP contribution is -2.17. The second-order valence-electron chi connectivity index (χ2n) is 9.69. The van der Waals surface area contributed by atoms with Crippen molar-refractivity contribution in [2.75, 3.05) is 5.32 Å². The number of para-hydroxylation sites is 1. The summed E-state index contributed by atoms with van der Waals surface area (Å²) in [6.45, 7) is 0. The molecule has 1 amide bonds. The van der Waals surface area contributed by atoms with Gasteiger partial charge in [0.05, 0.1) is 42.6 Å². The van der Waals surface area contributed by atoms with E-state index in [0.29, 0.717) is 41.3 Å². The number of rotatable bonds is 4. The number of ketones is 2. The van der Waals surface area contributed by atoms with Gasteiger partial charge in [0.1, 0.15) is 13.8 Å². The van der Waals surface area contributed by atoms with Crippen LogP contribution in [0.1, 0.15) is 53.0 Å². The zero-order valence-electron chi connectivity index (χ0n) is 21.5. The topological polar surface area (TPSA) is 93.2 Å². The maximum Gasteiger partial charge on any atom is 0.258 e. The Labute approximate surface area is 295 Å². The number of carbonyl (C=O) groups excluding carboxylic acids is 4. The molecule has 5 aromatic rings. The lowest BCUT2D eigenvalue weighted by molar-refractivity contribution is 0.0887. The van der Waals surface area contributed by atoms with Gasteiger partial charge in [0, 0.05) is 35.5 Å². The number of carbonyl (C=O) groups is 4. The molecule has 0 saturated heterocycles. The van der Waals surface area contributed by atoms with Gasteiger partial charge in [-0.1, -0.05) is 86.0 Å². The van der Waals surface area contributed by atoms with E-state index in [1.165, 1.54) is 0 Å². The Kier molecular flexibility index (Phi) is 8.50. The summed E-state index contributed by atoms with van der Waals surface area (Å²) < 4.78 is 1.96. The molecule has 44 heavy (non-hydrogen) atoms. The van der Waals surface area contributed by atoms with Crippen molar-refractivity contribution < 1.29 is 19.2 Å². The Hall–Kier alpha value is -2.31. The smallest absolute Gasteiger partial charge is 0.258 e. The molecule has 1 atom stereocenters. The zero-order valence-corrected chi connectivity index (χ0v) is 29.3. The monoisotopic (exact) mass is 850 g/mol. The van der Waals surface area contributed by atoms with Crippen LogP contribution in [0.5, 0.6) is 0 Å². The van der Waals surface area contributed by atoms with E-state index in [0.717, 1.165) is 0 Å². The first-order valence-corrected chi connectivity index (χ1v) is 16.3. The van der Waals surface area contributed by atoms with E-state index in [9.17, 15) is 19.2 Å². The van der Waals surface area contributed by atoms with Crippen LogP contribution in [0.3, 0.4) is 0 Å². The number of anilines is 1. The second-order valence-corrected chi connectivity index (χ2v) is 13.6. The first kappa shape index (κ1) is 31.7. The van der Waals surface area contributed by atoms with Crippen LogP contribution in [0.4, 0.5) is 5.69 Å². The van der Waals surface area contributed by atoms with Gasteiger partial charge in [-0.15, -0.1) is 0 Å². The summed E-state index contributed by atoms with van der Waals surface area (Å²) in [4.78, 5) is 57.3. The van der Waals surface area contributed by atoms with Gasteiger partial charge in [0.25, 0.3) is 5.91 Å². The molecule has 6 rings (SSSR count). The Balaban J connectivity index is 1.43. The molecule has 0 saturated carbocycles. The van der Waals surface area contributed by atoms with Crippen molar-refractivity contribution in [2.24, 2.45) is 0 Å². The summed E-state index contributed by atoms with van der Waals surface area (Å²) in [6, 6.07) is 11.5. The molecule has 4 aromatic carbocycles. The zero-order chi connectivity index (χ0) is 31.8. The molecule has 2 radical (unpaired) electrons. The third-order valence-corrected chi connectivity index (χ3v) is 12.6. The summed E-state index contributed by atoms with van der Waals surface area (Å²) >= 11 is 35.2. The molecule has 0 fully saturated rings. The molecule has 14 heteroatoms. The number of amides is 1. The van der Waals surface area contributed by atoms with Crippen LogP contribution in [0.15, 0.2) is 55.9 Å². The van der Waals surface area contributed by atoms with E-state index in [4.69, 9.17) is 54.3 Å². The number of halogens is 7. The molecule has 0 spiro atoms. The van der Waals surface area contributed by atoms with Gasteiger partial charge in [-0.3, -0.25) is 19.2 Å². The maximum atomic E-state index is 13.7. The average molecular weight is 855 g/mol. The molecule has 1 heterocycles. The number of fused-ring (bicyclic) bond motifs is 3. The molecule has 6 nitrogen and oxygen atoms in total. The van der Waals surface area contributed by atoms with E-state index < -0.39 is 23.4 Å². The molecular weight excluding hydrogens is 845 g/mol. The van der Waals surface area contributed by atoms with E-state index in [2.05, 4.69) is 58.1 Å². The fourth-order valence-corrected chi connectivity index (χ4v) is 7.78. The Bertz CT molecular complexity index is 2130. The number of hydrogen-bond donors (Lipinski definition) is 1. The van der Waals surface area contributed by atoms with Crippen molar-refractivity contribution in [3.05, 3.63) is 104 Å². The molecule has 216 valence electrons. The van der Waals surface area contributed by atoms with E-state index in [-0.39, 0.29) is 59.2 Å². The van der Waals surface area contributed by atoms with Crippen LogP contribution in [0, 0.1) is 0 Å². The number of pyridine rings is 1. The summed E-state index contributed by atoms with van der Waals surface area (Å²) in [5, 5.41) is 3.72. The van der Waals surface area contributed by atoms with E-state index >= 15 is 0 Å². The predicted molar refractivity (Wildman–Crippen MR) is 185 cm³/mol. The Morgan fingerprint density at radius 3 is 2.14 bits per heavy atom. The van der Waals surface area contributed by atoms with Gasteiger partial charge in [-0.25, -0.2) is 4.98 Å². The largest absolute Gasteiger partial charge is 0.320 e. The van der Waals surface area contributed by atoms with Crippen molar-refractivity contribution in [3.63, 3.8) is 0 Å². The van der Waals surface area contributed by atoms with Crippen LogP contribution in [-0.2, 0) is 0 Å². The highest BCUT2D eigenvalue weighted by Crippen LogP contribution is 2.43. The summed E-state index contributed by atoms with van der Waals surface area (Å²) in [5.74, 6) is -2.86. The maximum absolute atomic E-state index is 13.7. The standard InChI is InChI=1S/C30H10BBr3Cl4N2O4/c31-19-10-6-12-13(7-11(10)20(32)22(34)21(19)33)29(43)18(28(12)42)15-5-4-9-2-1-3-16(27(9)39-15)40-30(44)17-14(8-41)23(35)25(37)26(38)24(17)36/h1-8,18H,(H,40,44). The molecule has 1 N–H and O–H groups in total. The van der Waals surface area contributed by atoms with Crippen molar-refractivity contribution in [3.8, 4) is 0 Å². The van der Waals surface area contributed by atoms with Gasteiger partial charge in [-0.2, -0.15) is 0 Å². The second kappa shape index (κ2) is 11.8. The number of nitrogens with zero attached hydrogens (tertiary/aromatic N) is 1. The molecule has 1 aliphatic carbocycles. The van der Waals surface area contributed by atoms with Crippen LogP contribution < -0.4 is 10.8 Å². The normalized spacial score (nSPS) is 14.4. The van der Waals surface area contributed by atoms with E-state index in [1.54, 1.807) is 42.5 Å². The van der Waals surface area contributed by atoms with E-state index in [1.807, 2.05) is 0 Å². The summed E-state index contributed by atoms with van der Waals surface area (Å²) in [5.41, 5.74) is 1.07. The molecule has 0 bridgehead atoms. The van der Waals surface area contributed by atoms with Gasteiger partial charge in [0.15, 0.2) is 17.9 Å². The fraction of sp³-hybridized carbons (Fsp3) is 0.0333. The summed E-state index contributed by atoms with van der Waals surface area (Å²) in [7, 11) is 6.33. The lowest BCUT2D eigenvalue weighted by atomic mass is 9.88. The van der Waals surface area contributed by atoms with Crippen molar-refractivity contribution >= 4 is 159 Å². The minimum absolute atomic E-state index is 0.163. The van der Waals surface area contributed by atoms with Crippen molar-refractivity contribution in [2.45, 2.75) is 5.92 Å². The third kappa shape index (κ3) is 4.85. The van der Waals surface area contributed by atoms with Crippen LogP contribution in [-0.4, -0.2) is 36.6 Å². The van der Waals surface area contributed by atoms with Gasteiger partial charge in [-0.05, 0) is 66.9 Å². The summed E-state index contributed by atoms with van der Waals surface area (Å²) in [6.07, 6.45) is 0.354. The number of benzene rings is 4. The number of Topliss-reactive ketones (excluding diaryl/α,β-unsaturated/α-hetero) is 2. The molecule has 0 aliphatic heterocycles. The van der Waals surface area contributed by atoms with Crippen molar-refractivity contribution in [1.29, 1.82) is 0 Å². The third-order valence-electron chi connectivity index (χ3n) is 7.30. The number of hydrogen-bond acceptors (Lipinski definition) is 5. The number of aromatic nitrogens is 1. The molecule has 1 aliphatic rings. The lowest BCUT2D eigenvalue weighted by Gasteiger charge is -2.15. The molecule has 1 unspecified atom stereocenters. The highest BCUT2D eigenvalue weighted by molar-refractivity contribution is 9.14. The quantitative estimate of drug-likeness (QED) is 0.0640. The highest BCUT2D eigenvalue weighted by atomic mass is 79.9. The minimum atomic E-state index is -1.22. The van der Waals surface area contributed by atoms with Gasteiger partial charge >= 0.3 is 0 Å². The molecule has 1 aromatic heterocycles. The minimum Gasteiger partial charge on any atom is -0.320 e. The van der Waals surface area contributed by atoms with Crippen LogP contribution >= 0.6 is 94.2 Å². The Morgan fingerprint density at radius 2 is 1.48 bits per heavy atom. The first-order valence-electron chi connectivity index (χ1n) is 12.4. The fourth-order valence-electron chi connectivity index (χ4n) is 5.15. The Morgan fingerprint density at radius 1 is 0.841 bits per heavy atom. The van der Waals surface area contributed by atoms with Crippen LogP contribution in [0.2, 0.25) is 20.1 Å². The van der Waals surface area contributed by atoms with Crippen LogP contribution in [0.25, 0.3) is 21.7 Å².